The highest BCUT2D eigenvalue weighted by Crippen LogP contribution is 2.37. The van der Waals surface area contributed by atoms with Crippen molar-refractivity contribution >= 4 is 17.5 Å². The Morgan fingerprint density at radius 1 is 1.29 bits per heavy atom. The normalized spacial score (nSPS) is 21.3. The van der Waals surface area contributed by atoms with Crippen LogP contribution < -0.4 is 10.1 Å². The number of nitrogens with zero attached hydrogens (tertiary/aromatic N) is 3. The molecule has 1 aromatic heterocycles. The van der Waals surface area contributed by atoms with Crippen LogP contribution in [0.1, 0.15) is 42.6 Å². The minimum atomic E-state index is -0.333. The van der Waals surface area contributed by atoms with Crippen LogP contribution in [0.2, 0.25) is 0 Å². The highest BCUT2D eigenvalue weighted by molar-refractivity contribution is 6.02. The molecule has 1 aliphatic heterocycles. The van der Waals surface area contributed by atoms with Gasteiger partial charge < -0.3 is 20.1 Å². The lowest BCUT2D eigenvalue weighted by Gasteiger charge is -2.38. The van der Waals surface area contributed by atoms with Gasteiger partial charge in [-0.3, -0.25) is 19.5 Å². The van der Waals surface area contributed by atoms with Gasteiger partial charge >= 0.3 is 0 Å². The molecule has 2 N–H and O–H groups in total. The van der Waals surface area contributed by atoms with Crippen molar-refractivity contribution < 1.29 is 19.4 Å². The van der Waals surface area contributed by atoms with Crippen LogP contribution in [0.4, 0.5) is 5.69 Å². The summed E-state index contributed by atoms with van der Waals surface area (Å²) < 4.78 is 6.54. The number of fused-ring (bicyclic) bond motifs is 1. The van der Waals surface area contributed by atoms with Gasteiger partial charge in [-0.15, -0.1) is 0 Å². The van der Waals surface area contributed by atoms with E-state index in [1.54, 1.807) is 35.5 Å². The zero-order chi connectivity index (χ0) is 24.2. The highest BCUT2D eigenvalue weighted by atomic mass is 16.5. The quantitative estimate of drug-likeness (QED) is 0.621. The first-order valence-electron chi connectivity index (χ1n) is 12.0. The van der Waals surface area contributed by atoms with Crippen molar-refractivity contribution in [2.75, 3.05) is 32.1 Å². The minimum absolute atomic E-state index is 0.00169. The Morgan fingerprint density at radius 2 is 2.03 bits per heavy atom. The number of aromatic nitrogens is 1. The molecule has 182 valence electrons. The maximum absolute atomic E-state index is 13.5. The first-order chi connectivity index (χ1) is 16.4. The number of likely N-dealkylation sites (N-methyl/N-ethyl adjacent to an activating group) is 1. The number of carbonyl (C=O) groups excluding carboxylic acids is 2. The Labute approximate surface area is 200 Å². The van der Waals surface area contributed by atoms with Crippen molar-refractivity contribution in [3.8, 4) is 5.75 Å². The Kier molecular flexibility index (Phi) is 7.48. The molecular weight excluding hydrogens is 432 g/mol. The van der Waals surface area contributed by atoms with Crippen LogP contribution in [0.15, 0.2) is 42.7 Å². The largest absolute Gasteiger partial charge is 0.486 e. The number of hydrogen-bond acceptors (Lipinski definition) is 6. The van der Waals surface area contributed by atoms with Crippen LogP contribution >= 0.6 is 0 Å². The zero-order valence-corrected chi connectivity index (χ0v) is 20.1. The summed E-state index contributed by atoms with van der Waals surface area (Å²) in [4.78, 5) is 34.0. The van der Waals surface area contributed by atoms with E-state index >= 15 is 0 Å². The Balaban J connectivity index is 1.64. The lowest BCUT2D eigenvalue weighted by atomic mass is 9.98. The number of pyridine rings is 1. The monoisotopic (exact) mass is 466 g/mol. The molecule has 1 fully saturated rings. The molecule has 3 atom stereocenters. The lowest BCUT2D eigenvalue weighted by molar-refractivity contribution is -0.117. The molecule has 0 saturated heterocycles. The minimum Gasteiger partial charge on any atom is -0.486 e. The predicted octanol–water partition coefficient (Wildman–Crippen LogP) is 2.78. The van der Waals surface area contributed by atoms with Crippen molar-refractivity contribution in [3.05, 3.63) is 53.9 Å². The van der Waals surface area contributed by atoms with Crippen molar-refractivity contribution in [1.82, 2.24) is 14.8 Å². The van der Waals surface area contributed by atoms with Crippen molar-refractivity contribution in [2.24, 2.45) is 11.8 Å². The number of rotatable bonds is 8. The van der Waals surface area contributed by atoms with Crippen LogP contribution in [0.3, 0.4) is 0 Å². The van der Waals surface area contributed by atoms with Gasteiger partial charge in [-0.1, -0.05) is 13.0 Å². The standard InChI is InChI=1S/C26H34N4O4/c1-17-13-30(18(2)16-31)26(33)21-5-4-6-22(28-25(32)20-7-8-20)24(21)34-23(17)15-29(3)14-19-9-11-27-12-10-19/h4-6,9-12,17-18,20,23,31H,7-8,13-16H2,1-3H3,(H,28,32)/t17-,18-,23-/m0/s1. The van der Waals surface area contributed by atoms with E-state index in [0.717, 1.165) is 24.9 Å². The van der Waals surface area contributed by atoms with Gasteiger partial charge in [0.15, 0.2) is 5.75 Å². The molecule has 4 rings (SSSR count). The van der Waals surface area contributed by atoms with Crippen molar-refractivity contribution in [3.63, 3.8) is 0 Å². The van der Waals surface area contributed by atoms with Crippen LogP contribution in [0.5, 0.6) is 5.75 Å². The number of anilines is 1. The third-order valence-corrected chi connectivity index (χ3v) is 6.59. The number of carbonyl (C=O) groups is 2. The molecule has 34 heavy (non-hydrogen) atoms. The van der Waals surface area contributed by atoms with Crippen LogP contribution in [-0.4, -0.2) is 70.6 Å². The lowest BCUT2D eigenvalue weighted by Crippen LogP contribution is -2.49. The van der Waals surface area contributed by atoms with Gasteiger partial charge in [-0.25, -0.2) is 0 Å². The van der Waals surface area contributed by atoms with Gasteiger partial charge in [-0.2, -0.15) is 0 Å². The molecule has 1 aliphatic carbocycles. The fraction of sp³-hybridized carbons (Fsp3) is 0.500. The fourth-order valence-corrected chi connectivity index (χ4v) is 4.31. The van der Waals surface area contributed by atoms with E-state index in [-0.39, 0.29) is 42.4 Å². The molecule has 2 heterocycles. The van der Waals surface area contributed by atoms with Gasteiger partial charge in [0.2, 0.25) is 5.91 Å². The van der Waals surface area contributed by atoms with E-state index in [0.29, 0.717) is 30.1 Å². The van der Waals surface area contributed by atoms with Crippen molar-refractivity contribution in [1.29, 1.82) is 0 Å². The average molecular weight is 467 g/mol. The second-order valence-electron chi connectivity index (χ2n) is 9.62. The Morgan fingerprint density at radius 3 is 2.71 bits per heavy atom. The molecule has 8 nitrogen and oxygen atoms in total. The summed E-state index contributed by atoms with van der Waals surface area (Å²) >= 11 is 0. The fourth-order valence-electron chi connectivity index (χ4n) is 4.31. The number of para-hydroxylation sites is 1. The summed E-state index contributed by atoms with van der Waals surface area (Å²) in [7, 11) is 2.04. The molecule has 0 unspecified atom stereocenters. The summed E-state index contributed by atoms with van der Waals surface area (Å²) in [5.41, 5.74) is 2.08. The van der Waals surface area contributed by atoms with Gasteiger partial charge in [-0.05, 0) is 56.6 Å². The molecule has 1 saturated carbocycles. The number of aliphatic hydroxyl groups excluding tert-OH is 1. The molecule has 0 bridgehead atoms. The number of ether oxygens (including phenoxy) is 1. The van der Waals surface area contributed by atoms with Crippen LogP contribution in [0.25, 0.3) is 0 Å². The first kappa shape index (κ1) is 24.2. The van der Waals surface area contributed by atoms with E-state index < -0.39 is 0 Å². The second-order valence-corrected chi connectivity index (χ2v) is 9.62. The van der Waals surface area contributed by atoms with E-state index in [9.17, 15) is 14.7 Å². The van der Waals surface area contributed by atoms with Gasteiger partial charge in [0, 0.05) is 43.9 Å². The van der Waals surface area contributed by atoms with Gasteiger partial charge in [0.25, 0.3) is 5.91 Å². The van der Waals surface area contributed by atoms with E-state index in [4.69, 9.17) is 4.74 Å². The smallest absolute Gasteiger partial charge is 0.258 e. The van der Waals surface area contributed by atoms with Gasteiger partial charge in [0.1, 0.15) is 6.10 Å². The van der Waals surface area contributed by atoms with Crippen LogP contribution in [0, 0.1) is 11.8 Å². The number of aliphatic hydroxyl groups is 1. The number of hydrogen-bond donors (Lipinski definition) is 2. The summed E-state index contributed by atoms with van der Waals surface area (Å²) in [6, 6.07) is 8.93. The molecule has 0 radical (unpaired) electrons. The molecule has 8 heteroatoms. The van der Waals surface area contributed by atoms with E-state index in [2.05, 4.69) is 22.1 Å². The molecule has 0 spiro atoms. The Bertz CT molecular complexity index is 1010. The zero-order valence-electron chi connectivity index (χ0n) is 20.1. The average Bonchev–Trinajstić information content (AvgIpc) is 3.67. The Hall–Kier alpha value is -2.97. The summed E-state index contributed by atoms with van der Waals surface area (Å²) in [5, 5.41) is 12.8. The molecule has 2 aliphatic rings. The highest BCUT2D eigenvalue weighted by Gasteiger charge is 2.35. The maximum Gasteiger partial charge on any atom is 0.258 e. The summed E-state index contributed by atoms with van der Waals surface area (Å²) in [6.07, 6.45) is 5.11. The predicted molar refractivity (Wildman–Crippen MR) is 130 cm³/mol. The molecule has 1 aromatic carbocycles. The molecule has 2 amide bonds. The maximum atomic E-state index is 13.5. The third kappa shape index (κ3) is 5.56. The van der Waals surface area contributed by atoms with E-state index in [1.165, 1.54) is 0 Å². The van der Waals surface area contributed by atoms with E-state index in [1.807, 2.05) is 26.1 Å². The number of benzene rings is 1. The third-order valence-electron chi connectivity index (χ3n) is 6.59. The summed E-state index contributed by atoms with van der Waals surface area (Å²) in [6.45, 7) is 5.61. The second kappa shape index (κ2) is 10.5. The molecular formula is C26H34N4O4. The van der Waals surface area contributed by atoms with Crippen molar-refractivity contribution in [2.45, 2.75) is 45.4 Å². The number of amides is 2. The molecule has 2 aromatic rings. The SMILES string of the molecule is C[C@H]1CN([C@@H](C)CO)C(=O)c2cccc(NC(=O)C3CC3)c2O[C@H]1CN(C)Cc1ccncc1. The van der Waals surface area contributed by atoms with Crippen LogP contribution in [-0.2, 0) is 11.3 Å². The number of nitrogens with one attached hydrogen (secondary N) is 1. The topological polar surface area (TPSA) is 95.0 Å². The first-order valence-corrected chi connectivity index (χ1v) is 12.0. The van der Waals surface area contributed by atoms with Gasteiger partial charge in [0.05, 0.1) is 23.9 Å². The summed E-state index contributed by atoms with van der Waals surface area (Å²) in [5.74, 6) is 0.205.